The SMILES string of the molecule is CCOC(=O)c1ccccc1NC(=O)c1ccc(F)nc1. The lowest BCUT2D eigenvalue weighted by molar-refractivity contribution is 0.0527. The van der Waals surface area contributed by atoms with Gasteiger partial charge in [0.2, 0.25) is 5.95 Å². The van der Waals surface area contributed by atoms with Gasteiger partial charge in [-0.25, -0.2) is 9.78 Å². The predicted molar refractivity (Wildman–Crippen MR) is 74.5 cm³/mol. The number of nitrogens with one attached hydrogen (secondary N) is 1. The summed E-state index contributed by atoms with van der Waals surface area (Å²) in [6.45, 7) is 1.94. The number of carbonyl (C=O) groups excluding carboxylic acids is 2. The fraction of sp³-hybridized carbons (Fsp3) is 0.133. The van der Waals surface area contributed by atoms with E-state index in [1.165, 1.54) is 6.07 Å². The molecule has 1 aromatic heterocycles. The van der Waals surface area contributed by atoms with Crippen LogP contribution < -0.4 is 5.32 Å². The van der Waals surface area contributed by atoms with Crippen molar-refractivity contribution < 1.29 is 18.7 Å². The Hall–Kier alpha value is -2.76. The van der Waals surface area contributed by atoms with E-state index in [1.54, 1.807) is 31.2 Å². The van der Waals surface area contributed by atoms with Gasteiger partial charge in [0, 0.05) is 6.20 Å². The minimum absolute atomic E-state index is 0.190. The maximum absolute atomic E-state index is 12.7. The first kappa shape index (κ1) is 14.6. The average molecular weight is 288 g/mol. The first-order chi connectivity index (χ1) is 10.1. The molecule has 0 aliphatic carbocycles. The Morgan fingerprint density at radius 1 is 1.24 bits per heavy atom. The van der Waals surface area contributed by atoms with Gasteiger partial charge in [0.15, 0.2) is 0 Å². The van der Waals surface area contributed by atoms with Crippen LogP contribution in [-0.4, -0.2) is 23.5 Å². The summed E-state index contributed by atoms with van der Waals surface area (Å²) < 4.78 is 17.6. The van der Waals surface area contributed by atoms with E-state index in [9.17, 15) is 14.0 Å². The van der Waals surface area contributed by atoms with Crippen molar-refractivity contribution >= 4 is 17.6 Å². The van der Waals surface area contributed by atoms with Crippen molar-refractivity contribution in [1.82, 2.24) is 4.98 Å². The third-order valence-electron chi connectivity index (χ3n) is 2.66. The zero-order valence-electron chi connectivity index (χ0n) is 11.3. The highest BCUT2D eigenvalue weighted by molar-refractivity contribution is 6.07. The zero-order chi connectivity index (χ0) is 15.2. The molecule has 0 radical (unpaired) electrons. The Labute approximate surface area is 120 Å². The first-order valence-electron chi connectivity index (χ1n) is 6.31. The van der Waals surface area contributed by atoms with Gasteiger partial charge in [-0.15, -0.1) is 0 Å². The van der Waals surface area contributed by atoms with E-state index in [1.807, 2.05) is 0 Å². The van der Waals surface area contributed by atoms with Crippen molar-refractivity contribution in [2.24, 2.45) is 0 Å². The van der Waals surface area contributed by atoms with E-state index in [0.29, 0.717) is 5.69 Å². The quantitative estimate of drug-likeness (QED) is 0.693. The van der Waals surface area contributed by atoms with Gasteiger partial charge >= 0.3 is 5.97 Å². The second-order valence-corrected chi connectivity index (χ2v) is 4.09. The number of ether oxygens (including phenoxy) is 1. The number of hydrogen-bond donors (Lipinski definition) is 1. The minimum Gasteiger partial charge on any atom is -0.462 e. The van der Waals surface area contributed by atoms with Crippen LogP contribution in [0.3, 0.4) is 0 Å². The fourth-order valence-electron chi connectivity index (χ4n) is 1.68. The van der Waals surface area contributed by atoms with E-state index in [-0.39, 0.29) is 17.7 Å². The molecule has 1 aromatic carbocycles. The van der Waals surface area contributed by atoms with Crippen LogP contribution in [0.4, 0.5) is 10.1 Å². The maximum atomic E-state index is 12.7. The second kappa shape index (κ2) is 6.60. The molecule has 0 unspecified atom stereocenters. The molecule has 21 heavy (non-hydrogen) atoms. The van der Waals surface area contributed by atoms with E-state index < -0.39 is 17.8 Å². The third kappa shape index (κ3) is 3.62. The van der Waals surface area contributed by atoms with E-state index in [4.69, 9.17) is 4.74 Å². The summed E-state index contributed by atoms with van der Waals surface area (Å²) in [5.41, 5.74) is 0.767. The van der Waals surface area contributed by atoms with Crippen molar-refractivity contribution in [2.75, 3.05) is 11.9 Å². The number of hydrogen-bond acceptors (Lipinski definition) is 4. The average Bonchev–Trinajstić information content (AvgIpc) is 2.48. The summed E-state index contributed by atoms with van der Waals surface area (Å²) >= 11 is 0. The number of pyridine rings is 1. The molecule has 0 aliphatic heterocycles. The third-order valence-corrected chi connectivity index (χ3v) is 2.66. The molecule has 5 nitrogen and oxygen atoms in total. The first-order valence-corrected chi connectivity index (χ1v) is 6.31. The van der Waals surface area contributed by atoms with Crippen molar-refractivity contribution in [3.8, 4) is 0 Å². The Bertz CT molecular complexity index is 656. The summed E-state index contributed by atoms with van der Waals surface area (Å²) in [5, 5.41) is 2.58. The summed E-state index contributed by atoms with van der Waals surface area (Å²) in [6.07, 6.45) is 1.12. The molecular formula is C15H13FN2O3. The standard InChI is InChI=1S/C15H13FN2O3/c1-2-21-15(20)11-5-3-4-6-12(11)18-14(19)10-7-8-13(16)17-9-10/h3-9H,2H2,1H3,(H,18,19). The number of nitrogens with zero attached hydrogens (tertiary/aromatic N) is 1. The normalized spacial score (nSPS) is 10.0. The Balaban J connectivity index is 2.21. The molecule has 1 heterocycles. The van der Waals surface area contributed by atoms with Crippen LogP contribution in [0, 0.1) is 5.95 Å². The van der Waals surface area contributed by atoms with Gasteiger partial charge in [0.05, 0.1) is 23.4 Å². The highest BCUT2D eigenvalue weighted by Gasteiger charge is 2.14. The highest BCUT2D eigenvalue weighted by atomic mass is 19.1. The molecule has 2 rings (SSSR count). The number of halogens is 1. The van der Waals surface area contributed by atoms with Crippen LogP contribution >= 0.6 is 0 Å². The molecule has 0 fully saturated rings. The van der Waals surface area contributed by atoms with Gasteiger partial charge in [-0.05, 0) is 31.2 Å². The smallest absolute Gasteiger partial charge is 0.340 e. The van der Waals surface area contributed by atoms with E-state index in [0.717, 1.165) is 12.3 Å². The van der Waals surface area contributed by atoms with Crippen molar-refractivity contribution in [3.63, 3.8) is 0 Å². The number of esters is 1. The van der Waals surface area contributed by atoms with Gasteiger partial charge in [0.1, 0.15) is 0 Å². The monoisotopic (exact) mass is 288 g/mol. The van der Waals surface area contributed by atoms with Crippen molar-refractivity contribution in [1.29, 1.82) is 0 Å². The van der Waals surface area contributed by atoms with Gasteiger partial charge < -0.3 is 10.1 Å². The summed E-state index contributed by atoms with van der Waals surface area (Å²) in [6, 6.07) is 8.89. The van der Waals surface area contributed by atoms with Gasteiger partial charge in [0.25, 0.3) is 5.91 Å². The molecule has 1 N–H and O–H groups in total. The molecule has 0 spiro atoms. The number of anilines is 1. The van der Waals surface area contributed by atoms with Crippen LogP contribution in [0.25, 0.3) is 0 Å². The molecule has 1 amide bonds. The van der Waals surface area contributed by atoms with Crippen LogP contribution in [-0.2, 0) is 4.74 Å². The molecule has 0 atom stereocenters. The molecule has 0 aliphatic rings. The number of rotatable bonds is 4. The van der Waals surface area contributed by atoms with Crippen LogP contribution in [0.5, 0.6) is 0 Å². The molecule has 0 saturated carbocycles. The maximum Gasteiger partial charge on any atom is 0.340 e. The Morgan fingerprint density at radius 3 is 2.67 bits per heavy atom. The van der Waals surface area contributed by atoms with Gasteiger partial charge in [-0.3, -0.25) is 4.79 Å². The topological polar surface area (TPSA) is 68.3 Å². The van der Waals surface area contributed by atoms with Crippen LogP contribution in [0.2, 0.25) is 0 Å². The molecule has 0 bridgehead atoms. The van der Waals surface area contributed by atoms with Crippen molar-refractivity contribution in [2.45, 2.75) is 6.92 Å². The van der Waals surface area contributed by atoms with Crippen LogP contribution in [0.15, 0.2) is 42.6 Å². The molecule has 0 saturated heterocycles. The molecule has 6 heteroatoms. The largest absolute Gasteiger partial charge is 0.462 e. The second-order valence-electron chi connectivity index (χ2n) is 4.09. The predicted octanol–water partition coefficient (Wildman–Crippen LogP) is 2.65. The number of para-hydroxylation sites is 1. The van der Waals surface area contributed by atoms with Crippen LogP contribution in [0.1, 0.15) is 27.6 Å². The Morgan fingerprint density at radius 2 is 2.00 bits per heavy atom. The summed E-state index contributed by atoms with van der Waals surface area (Å²) in [5.74, 6) is -1.68. The van der Waals surface area contributed by atoms with Gasteiger partial charge in [-0.2, -0.15) is 4.39 Å². The fourth-order valence-corrected chi connectivity index (χ4v) is 1.68. The lowest BCUT2D eigenvalue weighted by Crippen LogP contribution is -2.16. The van der Waals surface area contributed by atoms with E-state index in [2.05, 4.69) is 10.3 Å². The highest BCUT2D eigenvalue weighted by Crippen LogP contribution is 2.17. The molecular weight excluding hydrogens is 275 g/mol. The number of aromatic nitrogens is 1. The zero-order valence-corrected chi connectivity index (χ0v) is 11.3. The van der Waals surface area contributed by atoms with Gasteiger partial charge in [-0.1, -0.05) is 12.1 Å². The minimum atomic E-state index is -0.668. The number of carbonyl (C=O) groups is 2. The molecule has 2 aromatic rings. The summed E-state index contributed by atoms with van der Waals surface area (Å²) in [4.78, 5) is 27.2. The molecule has 108 valence electrons. The number of benzene rings is 1. The Kier molecular flexibility index (Phi) is 4.61. The lowest BCUT2D eigenvalue weighted by Gasteiger charge is -2.10. The lowest BCUT2D eigenvalue weighted by atomic mass is 10.1. The van der Waals surface area contributed by atoms with Crippen molar-refractivity contribution in [3.05, 3.63) is 59.7 Å². The number of amides is 1. The summed E-state index contributed by atoms with van der Waals surface area (Å²) in [7, 11) is 0. The van der Waals surface area contributed by atoms with E-state index >= 15 is 0 Å².